The van der Waals surface area contributed by atoms with Crippen LogP contribution < -0.4 is 10.6 Å². The van der Waals surface area contributed by atoms with E-state index in [4.69, 9.17) is 5.11 Å². The van der Waals surface area contributed by atoms with Gasteiger partial charge in [0.1, 0.15) is 0 Å². The molecule has 0 unspecified atom stereocenters. The lowest BCUT2D eigenvalue weighted by atomic mass is 10.1. The van der Waals surface area contributed by atoms with Gasteiger partial charge in [-0.15, -0.1) is 0 Å². The summed E-state index contributed by atoms with van der Waals surface area (Å²) in [5.41, 5.74) is 1.48. The third-order valence-corrected chi connectivity index (χ3v) is 2.42. The smallest absolute Gasteiger partial charge is 0.251 e. The number of rotatable bonds is 6. The minimum Gasteiger partial charge on any atom is -0.395 e. The maximum Gasteiger partial charge on any atom is 0.251 e. The molecule has 0 fully saturated rings. The van der Waals surface area contributed by atoms with Crippen LogP contribution in [0.25, 0.3) is 0 Å². The second-order valence-corrected chi connectivity index (χ2v) is 4.51. The van der Waals surface area contributed by atoms with Crippen molar-refractivity contribution in [2.45, 2.75) is 40.2 Å². The summed E-state index contributed by atoms with van der Waals surface area (Å²) in [5.74, 6) is -0.215. The zero-order chi connectivity index (χ0) is 16.1. The SMILES string of the molecule is CCC.CCC(=O)NCc1ccc(C(=O)NCCO)cc1. The van der Waals surface area contributed by atoms with Gasteiger partial charge in [0.25, 0.3) is 5.91 Å². The van der Waals surface area contributed by atoms with E-state index in [0.29, 0.717) is 18.5 Å². The predicted molar refractivity (Wildman–Crippen MR) is 84.0 cm³/mol. The molecule has 0 saturated heterocycles. The predicted octanol–water partition coefficient (Wildman–Crippen LogP) is 1.85. The van der Waals surface area contributed by atoms with Gasteiger partial charge in [-0.25, -0.2) is 0 Å². The number of hydrogen-bond acceptors (Lipinski definition) is 3. The molecule has 0 atom stereocenters. The molecule has 0 bridgehead atoms. The fourth-order valence-corrected chi connectivity index (χ4v) is 1.37. The fraction of sp³-hybridized carbons (Fsp3) is 0.500. The highest BCUT2D eigenvalue weighted by molar-refractivity contribution is 5.94. The number of nitrogens with one attached hydrogen (secondary N) is 2. The largest absolute Gasteiger partial charge is 0.395 e. The molecule has 0 saturated carbocycles. The zero-order valence-electron chi connectivity index (χ0n) is 13.1. The lowest BCUT2D eigenvalue weighted by Crippen LogP contribution is -2.26. The standard InChI is InChI=1S/C13H18N2O3.C3H8/c1-2-12(17)15-9-10-3-5-11(6-4-10)13(18)14-7-8-16;1-3-2/h3-6,16H,2,7-9H2,1H3,(H,14,18)(H,15,17);3H2,1-2H3. The molecule has 0 aliphatic carbocycles. The molecule has 5 nitrogen and oxygen atoms in total. The van der Waals surface area contributed by atoms with E-state index < -0.39 is 0 Å². The first kappa shape index (κ1) is 19.1. The summed E-state index contributed by atoms with van der Waals surface area (Å²) in [5, 5.41) is 13.9. The summed E-state index contributed by atoms with van der Waals surface area (Å²) in [7, 11) is 0. The Kier molecular flexibility index (Phi) is 10.8. The van der Waals surface area contributed by atoms with E-state index in [1.165, 1.54) is 6.42 Å². The molecule has 21 heavy (non-hydrogen) atoms. The number of carbonyl (C=O) groups excluding carboxylic acids is 2. The maximum atomic E-state index is 11.5. The Balaban J connectivity index is 0.00000122. The van der Waals surface area contributed by atoms with Crippen molar-refractivity contribution in [2.24, 2.45) is 0 Å². The van der Waals surface area contributed by atoms with Gasteiger partial charge in [-0.2, -0.15) is 0 Å². The molecule has 0 aliphatic heterocycles. The highest BCUT2D eigenvalue weighted by Crippen LogP contribution is 2.04. The Labute approximate surface area is 126 Å². The van der Waals surface area contributed by atoms with E-state index in [1.54, 1.807) is 31.2 Å². The van der Waals surface area contributed by atoms with Crippen molar-refractivity contribution >= 4 is 11.8 Å². The van der Waals surface area contributed by atoms with E-state index in [0.717, 1.165) is 5.56 Å². The van der Waals surface area contributed by atoms with Crippen molar-refractivity contribution < 1.29 is 14.7 Å². The van der Waals surface area contributed by atoms with Crippen molar-refractivity contribution in [1.29, 1.82) is 0 Å². The van der Waals surface area contributed by atoms with Crippen LogP contribution in [0.2, 0.25) is 0 Å². The number of benzene rings is 1. The van der Waals surface area contributed by atoms with Crippen LogP contribution in [0.5, 0.6) is 0 Å². The Morgan fingerprint density at radius 2 is 1.62 bits per heavy atom. The van der Waals surface area contributed by atoms with E-state index >= 15 is 0 Å². The van der Waals surface area contributed by atoms with Crippen LogP contribution in [-0.4, -0.2) is 30.1 Å². The van der Waals surface area contributed by atoms with Crippen LogP contribution in [0.4, 0.5) is 0 Å². The summed E-state index contributed by atoms with van der Waals surface area (Å²) in [6.07, 6.45) is 1.71. The number of aliphatic hydroxyl groups excluding tert-OH is 1. The van der Waals surface area contributed by atoms with Gasteiger partial charge in [0, 0.05) is 25.1 Å². The van der Waals surface area contributed by atoms with Gasteiger partial charge in [-0.1, -0.05) is 39.3 Å². The molecule has 0 aromatic heterocycles. The van der Waals surface area contributed by atoms with E-state index in [-0.39, 0.29) is 25.0 Å². The average Bonchev–Trinajstić information content (AvgIpc) is 2.51. The Bertz CT molecular complexity index is 416. The van der Waals surface area contributed by atoms with Crippen LogP contribution in [0.1, 0.15) is 49.5 Å². The summed E-state index contributed by atoms with van der Waals surface area (Å²) in [6, 6.07) is 6.98. The first-order valence-electron chi connectivity index (χ1n) is 7.33. The quantitative estimate of drug-likeness (QED) is 0.749. The lowest BCUT2D eigenvalue weighted by Gasteiger charge is -2.06. The van der Waals surface area contributed by atoms with Gasteiger partial charge < -0.3 is 15.7 Å². The lowest BCUT2D eigenvalue weighted by molar-refractivity contribution is -0.120. The molecular weight excluding hydrogens is 268 g/mol. The molecule has 3 N–H and O–H groups in total. The maximum absolute atomic E-state index is 11.5. The molecule has 0 radical (unpaired) electrons. The highest BCUT2D eigenvalue weighted by atomic mass is 16.3. The summed E-state index contributed by atoms with van der Waals surface area (Å²) in [4.78, 5) is 22.6. The van der Waals surface area contributed by atoms with Crippen molar-refractivity contribution in [3.63, 3.8) is 0 Å². The molecule has 2 amide bonds. The zero-order valence-corrected chi connectivity index (χ0v) is 13.1. The van der Waals surface area contributed by atoms with Gasteiger partial charge in [0.05, 0.1) is 6.61 Å². The van der Waals surface area contributed by atoms with Gasteiger partial charge >= 0.3 is 0 Å². The number of carbonyl (C=O) groups is 2. The van der Waals surface area contributed by atoms with Crippen LogP contribution in [-0.2, 0) is 11.3 Å². The summed E-state index contributed by atoms with van der Waals surface area (Å²) >= 11 is 0. The van der Waals surface area contributed by atoms with Crippen molar-refractivity contribution in [2.75, 3.05) is 13.2 Å². The van der Waals surface area contributed by atoms with E-state index in [2.05, 4.69) is 24.5 Å². The normalized spacial score (nSPS) is 9.33. The molecular formula is C16H26N2O3. The number of amides is 2. The summed E-state index contributed by atoms with van der Waals surface area (Å²) < 4.78 is 0. The van der Waals surface area contributed by atoms with Crippen molar-refractivity contribution in [3.8, 4) is 0 Å². The van der Waals surface area contributed by atoms with Crippen LogP contribution >= 0.6 is 0 Å². The van der Waals surface area contributed by atoms with Gasteiger partial charge in [-0.05, 0) is 17.7 Å². The monoisotopic (exact) mass is 294 g/mol. The minimum absolute atomic E-state index is 0.000217. The Hall–Kier alpha value is -1.88. The molecule has 1 aromatic carbocycles. The van der Waals surface area contributed by atoms with Gasteiger partial charge in [0.2, 0.25) is 5.91 Å². The van der Waals surface area contributed by atoms with Gasteiger partial charge in [-0.3, -0.25) is 9.59 Å². The molecule has 0 aliphatic rings. The average molecular weight is 294 g/mol. The van der Waals surface area contributed by atoms with Crippen LogP contribution in [0.3, 0.4) is 0 Å². The van der Waals surface area contributed by atoms with Crippen LogP contribution in [0, 0.1) is 0 Å². The number of hydrogen-bond donors (Lipinski definition) is 3. The molecule has 1 aromatic rings. The molecule has 118 valence electrons. The third kappa shape index (κ3) is 8.81. The molecule has 0 heterocycles. The summed E-state index contributed by atoms with van der Waals surface area (Å²) in [6.45, 7) is 6.68. The fourth-order valence-electron chi connectivity index (χ4n) is 1.37. The van der Waals surface area contributed by atoms with E-state index in [9.17, 15) is 9.59 Å². The van der Waals surface area contributed by atoms with Gasteiger partial charge in [0.15, 0.2) is 0 Å². The van der Waals surface area contributed by atoms with Crippen molar-refractivity contribution in [1.82, 2.24) is 10.6 Å². The molecule has 0 spiro atoms. The second-order valence-electron chi connectivity index (χ2n) is 4.51. The first-order chi connectivity index (χ1) is 10.1. The topological polar surface area (TPSA) is 78.4 Å². The Morgan fingerprint density at radius 1 is 1.05 bits per heavy atom. The first-order valence-corrected chi connectivity index (χ1v) is 7.33. The third-order valence-electron chi connectivity index (χ3n) is 2.42. The van der Waals surface area contributed by atoms with E-state index in [1.807, 2.05) is 0 Å². The Morgan fingerprint density at radius 3 is 2.10 bits per heavy atom. The second kappa shape index (κ2) is 11.9. The number of aliphatic hydroxyl groups is 1. The minimum atomic E-state index is -0.215. The molecule has 1 rings (SSSR count). The van der Waals surface area contributed by atoms with Crippen LogP contribution in [0.15, 0.2) is 24.3 Å². The highest BCUT2D eigenvalue weighted by Gasteiger charge is 2.04. The van der Waals surface area contributed by atoms with Crippen molar-refractivity contribution in [3.05, 3.63) is 35.4 Å². The molecule has 5 heteroatoms.